The Morgan fingerprint density at radius 2 is 2.29 bits per heavy atom. The molecule has 2 nitrogen and oxygen atoms in total. The van der Waals surface area contributed by atoms with Crippen molar-refractivity contribution in [1.29, 1.82) is 0 Å². The standard InChI is InChI=1S/C12H10BrIN2S/c13-8-5-6(1-3-9(8)14)7-2-4-10-11(7)17-12(15)16-10/h1,3,5,7H,2,4H2,(H2,15,16). The molecule has 1 aromatic heterocycles. The first kappa shape index (κ1) is 11.9. The average molecular weight is 421 g/mol. The highest BCUT2D eigenvalue weighted by Crippen LogP contribution is 2.42. The summed E-state index contributed by atoms with van der Waals surface area (Å²) in [5.74, 6) is 0.480. The van der Waals surface area contributed by atoms with Crippen molar-refractivity contribution >= 4 is 55.0 Å². The van der Waals surface area contributed by atoms with E-state index in [4.69, 9.17) is 5.73 Å². The summed E-state index contributed by atoms with van der Waals surface area (Å²) in [6, 6.07) is 6.59. The Labute approximate surface area is 126 Å². The van der Waals surface area contributed by atoms with Crippen molar-refractivity contribution in [2.45, 2.75) is 18.8 Å². The van der Waals surface area contributed by atoms with E-state index in [0.29, 0.717) is 11.0 Å². The van der Waals surface area contributed by atoms with Crippen molar-refractivity contribution in [2.75, 3.05) is 5.73 Å². The molecule has 2 aromatic rings. The summed E-state index contributed by atoms with van der Waals surface area (Å²) in [5, 5.41) is 0.698. The maximum Gasteiger partial charge on any atom is 0.180 e. The summed E-state index contributed by atoms with van der Waals surface area (Å²) in [5.41, 5.74) is 8.34. The van der Waals surface area contributed by atoms with E-state index in [1.807, 2.05) is 0 Å². The molecule has 0 aliphatic heterocycles. The molecule has 2 N–H and O–H groups in total. The van der Waals surface area contributed by atoms with E-state index < -0.39 is 0 Å². The number of hydrogen-bond donors (Lipinski definition) is 1. The molecule has 1 aliphatic carbocycles. The molecule has 1 atom stereocenters. The fourth-order valence-corrected chi connectivity index (χ4v) is 4.07. The number of fused-ring (bicyclic) bond motifs is 1. The van der Waals surface area contributed by atoms with Crippen LogP contribution in [-0.2, 0) is 6.42 Å². The Hall–Kier alpha value is -0.140. The highest BCUT2D eigenvalue weighted by atomic mass is 127. The van der Waals surface area contributed by atoms with Gasteiger partial charge in [0, 0.05) is 18.8 Å². The van der Waals surface area contributed by atoms with Crippen LogP contribution in [0.5, 0.6) is 0 Å². The number of halogens is 2. The van der Waals surface area contributed by atoms with Gasteiger partial charge in [0.15, 0.2) is 5.13 Å². The van der Waals surface area contributed by atoms with E-state index in [1.165, 1.54) is 24.2 Å². The molecule has 1 aromatic carbocycles. The molecule has 1 unspecified atom stereocenters. The smallest absolute Gasteiger partial charge is 0.180 e. The van der Waals surface area contributed by atoms with Crippen molar-refractivity contribution < 1.29 is 0 Å². The first-order chi connectivity index (χ1) is 8.15. The molecular weight excluding hydrogens is 411 g/mol. The Balaban J connectivity index is 2.03. The van der Waals surface area contributed by atoms with Crippen LogP contribution in [0.25, 0.3) is 0 Å². The van der Waals surface area contributed by atoms with E-state index in [-0.39, 0.29) is 0 Å². The SMILES string of the molecule is Nc1nc2c(s1)C(c1ccc(I)c(Br)c1)CC2. The predicted octanol–water partition coefficient (Wildman–Crippen LogP) is 4.17. The molecule has 0 amide bonds. The van der Waals surface area contributed by atoms with Gasteiger partial charge in [-0.3, -0.25) is 0 Å². The van der Waals surface area contributed by atoms with Gasteiger partial charge in [0.05, 0.1) is 5.69 Å². The number of aryl methyl sites for hydroxylation is 1. The first-order valence-electron chi connectivity index (χ1n) is 5.35. The van der Waals surface area contributed by atoms with Gasteiger partial charge >= 0.3 is 0 Å². The number of rotatable bonds is 1. The van der Waals surface area contributed by atoms with Gasteiger partial charge in [-0.1, -0.05) is 6.07 Å². The van der Waals surface area contributed by atoms with Gasteiger partial charge in [0.1, 0.15) is 0 Å². The third-order valence-electron chi connectivity index (χ3n) is 3.08. The topological polar surface area (TPSA) is 38.9 Å². The molecule has 0 fully saturated rings. The van der Waals surface area contributed by atoms with Crippen molar-refractivity contribution in [3.63, 3.8) is 0 Å². The third kappa shape index (κ3) is 2.13. The summed E-state index contributed by atoms with van der Waals surface area (Å²) in [6.45, 7) is 0. The lowest BCUT2D eigenvalue weighted by molar-refractivity contribution is 0.790. The zero-order chi connectivity index (χ0) is 12.0. The van der Waals surface area contributed by atoms with Crippen LogP contribution >= 0.6 is 49.9 Å². The minimum atomic E-state index is 0.480. The summed E-state index contributed by atoms with van der Waals surface area (Å²) >= 11 is 7.56. The van der Waals surface area contributed by atoms with Crippen LogP contribution in [0.3, 0.4) is 0 Å². The fraction of sp³-hybridized carbons (Fsp3) is 0.250. The molecule has 0 saturated carbocycles. The van der Waals surface area contributed by atoms with E-state index in [0.717, 1.165) is 12.8 Å². The average Bonchev–Trinajstić information content (AvgIpc) is 2.81. The Kier molecular flexibility index (Phi) is 3.16. The summed E-state index contributed by atoms with van der Waals surface area (Å²) in [6.07, 6.45) is 2.21. The number of anilines is 1. The van der Waals surface area contributed by atoms with Crippen molar-refractivity contribution in [1.82, 2.24) is 4.98 Å². The third-order valence-corrected chi connectivity index (χ3v) is 6.45. The molecule has 0 saturated heterocycles. The van der Waals surface area contributed by atoms with Crippen LogP contribution < -0.4 is 5.73 Å². The maximum absolute atomic E-state index is 5.78. The maximum atomic E-state index is 5.78. The van der Waals surface area contributed by atoms with Crippen LogP contribution in [0.1, 0.15) is 28.5 Å². The predicted molar refractivity (Wildman–Crippen MR) is 83.5 cm³/mol. The molecule has 1 heterocycles. The summed E-state index contributed by atoms with van der Waals surface area (Å²) in [7, 11) is 0. The van der Waals surface area contributed by atoms with E-state index in [1.54, 1.807) is 11.3 Å². The lowest BCUT2D eigenvalue weighted by atomic mass is 9.99. The number of hydrogen-bond acceptors (Lipinski definition) is 3. The number of thiazole rings is 1. The van der Waals surface area contributed by atoms with Crippen molar-refractivity contribution in [3.8, 4) is 0 Å². The van der Waals surface area contributed by atoms with Crippen molar-refractivity contribution in [2.24, 2.45) is 0 Å². The second kappa shape index (κ2) is 4.51. The second-order valence-electron chi connectivity index (χ2n) is 4.13. The molecule has 88 valence electrons. The lowest BCUT2D eigenvalue weighted by Crippen LogP contribution is -1.95. The highest BCUT2D eigenvalue weighted by molar-refractivity contribution is 14.1. The second-order valence-corrected chi connectivity index (χ2v) is 7.21. The summed E-state index contributed by atoms with van der Waals surface area (Å²) < 4.78 is 2.41. The zero-order valence-corrected chi connectivity index (χ0v) is 13.5. The van der Waals surface area contributed by atoms with Crippen LogP contribution in [0.2, 0.25) is 0 Å². The van der Waals surface area contributed by atoms with Gasteiger partial charge in [-0.25, -0.2) is 4.98 Å². The van der Waals surface area contributed by atoms with Crippen LogP contribution in [0, 0.1) is 3.57 Å². The quantitative estimate of drug-likeness (QED) is 0.703. The van der Waals surface area contributed by atoms with Crippen LogP contribution in [-0.4, -0.2) is 4.98 Å². The summed E-state index contributed by atoms with van der Waals surface area (Å²) in [4.78, 5) is 5.75. The van der Waals surface area contributed by atoms with E-state index in [2.05, 4.69) is 61.7 Å². The van der Waals surface area contributed by atoms with Crippen LogP contribution in [0.4, 0.5) is 5.13 Å². The number of nitrogens with zero attached hydrogens (tertiary/aromatic N) is 1. The largest absolute Gasteiger partial charge is 0.375 e. The van der Waals surface area contributed by atoms with E-state index in [9.17, 15) is 0 Å². The molecule has 3 rings (SSSR count). The fourth-order valence-electron chi connectivity index (χ4n) is 2.29. The van der Waals surface area contributed by atoms with Gasteiger partial charge in [-0.15, -0.1) is 11.3 Å². The Morgan fingerprint density at radius 3 is 3.06 bits per heavy atom. The Morgan fingerprint density at radius 1 is 1.47 bits per heavy atom. The lowest BCUT2D eigenvalue weighted by Gasteiger charge is -2.10. The molecule has 0 radical (unpaired) electrons. The molecule has 0 bridgehead atoms. The number of nitrogen functional groups attached to an aromatic ring is 1. The zero-order valence-electron chi connectivity index (χ0n) is 8.91. The normalized spacial score (nSPS) is 18.4. The molecule has 1 aliphatic rings. The van der Waals surface area contributed by atoms with E-state index >= 15 is 0 Å². The van der Waals surface area contributed by atoms with Gasteiger partial charge in [0.2, 0.25) is 0 Å². The number of aromatic nitrogens is 1. The van der Waals surface area contributed by atoms with Gasteiger partial charge in [-0.05, 0) is 69.1 Å². The minimum absolute atomic E-state index is 0.480. The van der Waals surface area contributed by atoms with Crippen LogP contribution in [0.15, 0.2) is 22.7 Å². The Bertz CT molecular complexity index is 582. The molecule has 0 spiro atoms. The van der Waals surface area contributed by atoms with Gasteiger partial charge < -0.3 is 5.73 Å². The monoisotopic (exact) mass is 420 g/mol. The molecule has 5 heteroatoms. The van der Waals surface area contributed by atoms with Crippen molar-refractivity contribution in [3.05, 3.63) is 42.4 Å². The first-order valence-corrected chi connectivity index (χ1v) is 8.04. The molecular formula is C12H10BrIN2S. The minimum Gasteiger partial charge on any atom is -0.375 e. The molecule has 17 heavy (non-hydrogen) atoms. The number of benzene rings is 1. The highest BCUT2D eigenvalue weighted by Gasteiger charge is 2.28. The van der Waals surface area contributed by atoms with Gasteiger partial charge in [0.25, 0.3) is 0 Å². The number of nitrogens with two attached hydrogens (primary N) is 1. The van der Waals surface area contributed by atoms with Gasteiger partial charge in [-0.2, -0.15) is 0 Å².